The Morgan fingerprint density at radius 1 is 1.31 bits per heavy atom. The molecule has 0 atom stereocenters. The lowest BCUT2D eigenvalue weighted by Gasteiger charge is -1.98. The molecule has 1 heterocycles. The summed E-state index contributed by atoms with van der Waals surface area (Å²) in [6.45, 7) is 3.64. The van der Waals surface area contributed by atoms with Crippen molar-refractivity contribution in [2.75, 3.05) is 0 Å². The van der Waals surface area contributed by atoms with Crippen LogP contribution < -0.4 is 0 Å². The SMILES string of the molecule is C=Cc1ccc2c(F)ccnc2c1. The van der Waals surface area contributed by atoms with Crippen molar-refractivity contribution in [2.45, 2.75) is 0 Å². The lowest BCUT2D eigenvalue weighted by Crippen LogP contribution is -1.83. The third kappa shape index (κ3) is 1.31. The highest BCUT2D eigenvalue weighted by molar-refractivity contribution is 5.81. The van der Waals surface area contributed by atoms with E-state index in [1.54, 1.807) is 12.1 Å². The summed E-state index contributed by atoms with van der Waals surface area (Å²) in [7, 11) is 0. The molecular weight excluding hydrogens is 165 g/mol. The number of rotatable bonds is 1. The Kier molecular flexibility index (Phi) is 1.81. The fraction of sp³-hybridized carbons (Fsp3) is 0. The monoisotopic (exact) mass is 173 g/mol. The van der Waals surface area contributed by atoms with Crippen LogP contribution in [0.5, 0.6) is 0 Å². The highest BCUT2D eigenvalue weighted by Crippen LogP contribution is 2.17. The van der Waals surface area contributed by atoms with E-state index in [0.717, 1.165) is 5.56 Å². The minimum absolute atomic E-state index is 0.236. The maximum Gasteiger partial charge on any atom is 0.134 e. The van der Waals surface area contributed by atoms with Crippen LogP contribution >= 0.6 is 0 Å². The van der Waals surface area contributed by atoms with Gasteiger partial charge in [-0.2, -0.15) is 0 Å². The van der Waals surface area contributed by atoms with Crippen LogP contribution in [0.1, 0.15) is 5.56 Å². The van der Waals surface area contributed by atoms with Crippen LogP contribution in [0.4, 0.5) is 4.39 Å². The zero-order valence-corrected chi connectivity index (χ0v) is 7.00. The van der Waals surface area contributed by atoms with Crippen molar-refractivity contribution < 1.29 is 4.39 Å². The van der Waals surface area contributed by atoms with Crippen LogP contribution in [0.3, 0.4) is 0 Å². The van der Waals surface area contributed by atoms with Gasteiger partial charge >= 0.3 is 0 Å². The van der Waals surface area contributed by atoms with Gasteiger partial charge in [-0.15, -0.1) is 0 Å². The van der Waals surface area contributed by atoms with E-state index in [1.165, 1.54) is 12.3 Å². The maximum atomic E-state index is 13.2. The first-order chi connectivity index (χ1) is 6.31. The largest absolute Gasteiger partial charge is 0.256 e. The molecule has 0 bridgehead atoms. The zero-order chi connectivity index (χ0) is 9.26. The van der Waals surface area contributed by atoms with Crippen LogP contribution in [-0.4, -0.2) is 4.98 Å². The second kappa shape index (κ2) is 2.98. The summed E-state index contributed by atoms with van der Waals surface area (Å²) < 4.78 is 13.2. The molecule has 64 valence electrons. The average molecular weight is 173 g/mol. The second-order valence-electron chi connectivity index (χ2n) is 2.77. The van der Waals surface area contributed by atoms with Gasteiger partial charge in [0.25, 0.3) is 0 Å². The van der Waals surface area contributed by atoms with Gasteiger partial charge in [-0.25, -0.2) is 4.39 Å². The van der Waals surface area contributed by atoms with E-state index in [-0.39, 0.29) is 5.82 Å². The van der Waals surface area contributed by atoms with Gasteiger partial charge in [0.15, 0.2) is 0 Å². The normalized spacial score (nSPS) is 10.2. The smallest absolute Gasteiger partial charge is 0.134 e. The summed E-state index contributed by atoms with van der Waals surface area (Å²) >= 11 is 0. The summed E-state index contributed by atoms with van der Waals surface area (Å²) in [5.41, 5.74) is 1.61. The molecule has 0 aliphatic heterocycles. The number of hydrogen-bond donors (Lipinski definition) is 0. The first-order valence-corrected chi connectivity index (χ1v) is 3.98. The van der Waals surface area contributed by atoms with Gasteiger partial charge in [0, 0.05) is 11.6 Å². The van der Waals surface area contributed by atoms with Crippen molar-refractivity contribution in [3.63, 3.8) is 0 Å². The Morgan fingerprint density at radius 2 is 2.15 bits per heavy atom. The predicted molar refractivity (Wildman–Crippen MR) is 51.8 cm³/mol. The Labute approximate surface area is 75.5 Å². The standard InChI is InChI=1S/C11H8FN/c1-2-8-3-4-9-10(12)5-6-13-11(9)7-8/h2-7H,1H2. The third-order valence-corrected chi connectivity index (χ3v) is 1.95. The predicted octanol–water partition coefficient (Wildman–Crippen LogP) is 3.02. The molecule has 13 heavy (non-hydrogen) atoms. The minimum Gasteiger partial charge on any atom is -0.256 e. The van der Waals surface area contributed by atoms with Crippen LogP contribution in [0, 0.1) is 5.82 Å². The van der Waals surface area contributed by atoms with Crippen molar-refractivity contribution in [2.24, 2.45) is 0 Å². The van der Waals surface area contributed by atoms with Crippen molar-refractivity contribution in [3.05, 3.63) is 48.4 Å². The molecule has 1 nitrogen and oxygen atoms in total. The van der Waals surface area contributed by atoms with E-state index < -0.39 is 0 Å². The quantitative estimate of drug-likeness (QED) is 0.646. The molecule has 0 unspecified atom stereocenters. The Bertz CT molecular complexity index is 463. The molecule has 0 aliphatic rings. The fourth-order valence-electron chi connectivity index (χ4n) is 1.26. The Balaban J connectivity index is 2.79. The molecule has 2 aromatic rings. The molecule has 0 N–H and O–H groups in total. The lowest BCUT2D eigenvalue weighted by atomic mass is 10.1. The lowest BCUT2D eigenvalue weighted by molar-refractivity contribution is 0.638. The number of halogens is 1. The summed E-state index contributed by atoms with van der Waals surface area (Å²) in [6, 6.07) is 6.70. The first kappa shape index (κ1) is 7.92. The maximum absolute atomic E-state index is 13.2. The summed E-state index contributed by atoms with van der Waals surface area (Å²) in [4.78, 5) is 4.06. The van der Waals surface area contributed by atoms with Crippen LogP contribution in [0.2, 0.25) is 0 Å². The van der Waals surface area contributed by atoms with Crippen LogP contribution in [-0.2, 0) is 0 Å². The highest BCUT2D eigenvalue weighted by Gasteiger charge is 1.99. The van der Waals surface area contributed by atoms with Gasteiger partial charge < -0.3 is 0 Å². The number of nitrogens with zero attached hydrogens (tertiary/aromatic N) is 1. The van der Waals surface area contributed by atoms with Gasteiger partial charge in [0.05, 0.1) is 5.52 Å². The molecular formula is C11H8FN. The molecule has 0 spiro atoms. The van der Waals surface area contributed by atoms with E-state index in [0.29, 0.717) is 10.9 Å². The molecule has 0 saturated heterocycles. The van der Waals surface area contributed by atoms with Crippen molar-refractivity contribution in [1.82, 2.24) is 4.98 Å². The summed E-state index contributed by atoms with van der Waals surface area (Å²) in [5, 5.41) is 0.549. The average Bonchev–Trinajstić information content (AvgIpc) is 2.18. The second-order valence-corrected chi connectivity index (χ2v) is 2.77. The van der Waals surface area contributed by atoms with Crippen molar-refractivity contribution in [3.8, 4) is 0 Å². The van der Waals surface area contributed by atoms with Gasteiger partial charge in [0.1, 0.15) is 5.82 Å². The molecule has 2 heteroatoms. The highest BCUT2D eigenvalue weighted by atomic mass is 19.1. The molecule has 0 amide bonds. The number of aromatic nitrogens is 1. The van der Waals surface area contributed by atoms with Crippen LogP contribution in [0.15, 0.2) is 37.0 Å². The van der Waals surface area contributed by atoms with Gasteiger partial charge in [-0.1, -0.05) is 18.7 Å². The van der Waals surface area contributed by atoms with Crippen molar-refractivity contribution in [1.29, 1.82) is 0 Å². The van der Waals surface area contributed by atoms with E-state index >= 15 is 0 Å². The first-order valence-electron chi connectivity index (χ1n) is 3.98. The summed E-state index contributed by atoms with van der Waals surface area (Å²) in [5.74, 6) is -0.236. The van der Waals surface area contributed by atoms with Crippen molar-refractivity contribution >= 4 is 17.0 Å². The van der Waals surface area contributed by atoms with Gasteiger partial charge in [-0.3, -0.25) is 4.98 Å². The Morgan fingerprint density at radius 3 is 2.92 bits per heavy atom. The topological polar surface area (TPSA) is 12.9 Å². The van der Waals surface area contributed by atoms with E-state index in [9.17, 15) is 4.39 Å². The minimum atomic E-state index is -0.236. The number of benzene rings is 1. The summed E-state index contributed by atoms with van der Waals surface area (Å²) in [6.07, 6.45) is 3.18. The number of hydrogen-bond acceptors (Lipinski definition) is 1. The zero-order valence-electron chi connectivity index (χ0n) is 7.00. The number of fused-ring (bicyclic) bond motifs is 1. The van der Waals surface area contributed by atoms with E-state index in [1.807, 2.05) is 12.1 Å². The third-order valence-electron chi connectivity index (χ3n) is 1.95. The van der Waals surface area contributed by atoms with Gasteiger partial charge in [0.2, 0.25) is 0 Å². The molecule has 2 rings (SSSR count). The molecule has 0 radical (unpaired) electrons. The Hall–Kier alpha value is -1.70. The molecule has 1 aromatic heterocycles. The van der Waals surface area contributed by atoms with Gasteiger partial charge in [-0.05, 0) is 23.8 Å². The molecule has 1 aromatic carbocycles. The van der Waals surface area contributed by atoms with E-state index in [2.05, 4.69) is 11.6 Å². The van der Waals surface area contributed by atoms with E-state index in [4.69, 9.17) is 0 Å². The van der Waals surface area contributed by atoms with Crippen LogP contribution in [0.25, 0.3) is 17.0 Å². The fourth-order valence-corrected chi connectivity index (χ4v) is 1.26. The molecule has 0 fully saturated rings. The molecule has 0 aliphatic carbocycles. The molecule has 0 saturated carbocycles. The number of pyridine rings is 1.